The summed E-state index contributed by atoms with van der Waals surface area (Å²) in [6.45, 7) is 3.41. The number of piperazine rings is 1. The van der Waals surface area contributed by atoms with Crippen molar-refractivity contribution in [2.45, 2.75) is 6.92 Å². The van der Waals surface area contributed by atoms with Crippen LogP contribution in [0, 0.1) is 17.0 Å². The maximum atomic E-state index is 13.2. The molecule has 0 radical (unpaired) electrons. The molecule has 1 fully saturated rings. The molecule has 2 aromatic carbocycles. The predicted molar refractivity (Wildman–Crippen MR) is 127 cm³/mol. The lowest BCUT2D eigenvalue weighted by Gasteiger charge is -2.35. The van der Waals surface area contributed by atoms with E-state index in [9.17, 15) is 19.7 Å². The summed E-state index contributed by atoms with van der Waals surface area (Å²) in [5.74, 6) is 0.303. The van der Waals surface area contributed by atoms with Crippen LogP contribution in [0.5, 0.6) is 17.2 Å². The molecule has 1 aliphatic rings. The number of methoxy groups -OCH3 is 3. The molecule has 2 amide bonds. The molecule has 188 valence electrons. The zero-order valence-electron chi connectivity index (χ0n) is 20.2. The molecule has 3 rings (SSSR count). The second-order valence-electron chi connectivity index (χ2n) is 7.89. The Kier molecular flexibility index (Phi) is 8.48. The van der Waals surface area contributed by atoms with E-state index < -0.39 is 10.8 Å². The number of nitro benzene ring substituents is 1. The molecule has 11 heteroatoms. The number of carbonyl (C=O) groups is 2. The van der Waals surface area contributed by atoms with Crippen LogP contribution in [-0.4, -0.2) is 87.3 Å². The SMILES string of the molecule is COCCOc1cc([N+](=O)[O-])c(C(=O)N2CCN(C(=O)c3ccc(C)c(OC)c3)CC2)cc1OC. The summed E-state index contributed by atoms with van der Waals surface area (Å²) in [6, 6.07) is 7.76. The van der Waals surface area contributed by atoms with E-state index in [1.807, 2.05) is 13.0 Å². The Labute approximate surface area is 203 Å². The summed E-state index contributed by atoms with van der Waals surface area (Å²) >= 11 is 0. The van der Waals surface area contributed by atoms with E-state index in [1.54, 1.807) is 24.1 Å². The van der Waals surface area contributed by atoms with Gasteiger partial charge in [0.15, 0.2) is 11.5 Å². The third-order valence-electron chi connectivity index (χ3n) is 5.76. The van der Waals surface area contributed by atoms with Crippen LogP contribution in [0.4, 0.5) is 5.69 Å². The van der Waals surface area contributed by atoms with Gasteiger partial charge in [-0.05, 0) is 24.6 Å². The van der Waals surface area contributed by atoms with Crippen LogP contribution in [-0.2, 0) is 4.74 Å². The molecule has 1 heterocycles. The van der Waals surface area contributed by atoms with Crippen molar-refractivity contribution in [3.8, 4) is 17.2 Å². The summed E-state index contributed by atoms with van der Waals surface area (Å²) in [4.78, 5) is 40.4. The first-order chi connectivity index (χ1) is 16.8. The van der Waals surface area contributed by atoms with E-state index in [-0.39, 0.29) is 55.0 Å². The third kappa shape index (κ3) is 5.80. The van der Waals surface area contributed by atoms with Crippen LogP contribution in [0.1, 0.15) is 26.3 Å². The second-order valence-corrected chi connectivity index (χ2v) is 7.89. The Balaban J connectivity index is 1.75. The molecule has 2 aromatic rings. The summed E-state index contributed by atoms with van der Waals surface area (Å²) < 4.78 is 21.0. The van der Waals surface area contributed by atoms with Crippen molar-refractivity contribution < 1.29 is 33.5 Å². The fourth-order valence-electron chi connectivity index (χ4n) is 3.80. The largest absolute Gasteiger partial charge is 0.496 e. The van der Waals surface area contributed by atoms with E-state index >= 15 is 0 Å². The number of amides is 2. The molecular weight excluding hydrogens is 458 g/mol. The van der Waals surface area contributed by atoms with Gasteiger partial charge in [0.05, 0.1) is 31.8 Å². The number of ether oxygens (including phenoxy) is 4. The second kappa shape index (κ2) is 11.5. The van der Waals surface area contributed by atoms with E-state index in [4.69, 9.17) is 18.9 Å². The molecule has 0 N–H and O–H groups in total. The maximum Gasteiger partial charge on any atom is 0.286 e. The Hall–Kier alpha value is -3.86. The van der Waals surface area contributed by atoms with Gasteiger partial charge in [-0.1, -0.05) is 6.07 Å². The first-order valence-electron chi connectivity index (χ1n) is 11.0. The Morgan fingerprint density at radius 1 is 0.886 bits per heavy atom. The van der Waals surface area contributed by atoms with E-state index in [1.165, 1.54) is 31.3 Å². The topological polar surface area (TPSA) is 121 Å². The Bertz CT molecular complexity index is 1100. The molecule has 0 spiro atoms. The molecule has 1 saturated heterocycles. The molecule has 0 unspecified atom stereocenters. The number of benzene rings is 2. The smallest absolute Gasteiger partial charge is 0.286 e. The van der Waals surface area contributed by atoms with Crippen LogP contribution in [0.25, 0.3) is 0 Å². The Morgan fingerprint density at radius 2 is 1.51 bits per heavy atom. The standard InChI is InChI=1S/C24H29N3O8/c1-16-5-6-17(13-20(16)33-3)23(28)25-7-9-26(10-8-25)24(29)18-14-21(34-4)22(35-12-11-32-2)15-19(18)27(30)31/h5-6,13-15H,7-12H2,1-4H3. The number of rotatable bonds is 9. The van der Waals surface area contributed by atoms with Crippen molar-refractivity contribution >= 4 is 17.5 Å². The van der Waals surface area contributed by atoms with E-state index in [2.05, 4.69) is 0 Å². The van der Waals surface area contributed by atoms with Gasteiger partial charge >= 0.3 is 0 Å². The Morgan fingerprint density at radius 3 is 2.09 bits per heavy atom. The minimum atomic E-state index is -0.625. The average molecular weight is 488 g/mol. The lowest BCUT2D eigenvalue weighted by molar-refractivity contribution is -0.385. The summed E-state index contributed by atoms with van der Waals surface area (Å²) in [7, 11) is 4.45. The zero-order valence-corrected chi connectivity index (χ0v) is 20.2. The van der Waals surface area contributed by atoms with Gasteiger partial charge in [0.2, 0.25) is 0 Å². The van der Waals surface area contributed by atoms with Gasteiger partial charge in [0.25, 0.3) is 17.5 Å². The van der Waals surface area contributed by atoms with Crippen molar-refractivity contribution in [1.29, 1.82) is 0 Å². The number of hydrogen-bond acceptors (Lipinski definition) is 8. The monoisotopic (exact) mass is 487 g/mol. The number of nitro groups is 1. The molecule has 0 saturated carbocycles. The summed E-state index contributed by atoms with van der Waals surface area (Å²) in [5, 5.41) is 11.7. The minimum Gasteiger partial charge on any atom is -0.496 e. The molecule has 0 bridgehead atoms. The molecule has 0 atom stereocenters. The van der Waals surface area contributed by atoms with Gasteiger partial charge in [0, 0.05) is 44.9 Å². The molecule has 11 nitrogen and oxygen atoms in total. The van der Waals surface area contributed by atoms with Crippen molar-refractivity contribution in [1.82, 2.24) is 9.80 Å². The van der Waals surface area contributed by atoms with Crippen LogP contribution in [0.15, 0.2) is 30.3 Å². The van der Waals surface area contributed by atoms with Gasteiger partial charge in [-0.25, -0.2) is 0 Å². The summed E-state index contributed by atoms with van der Waals surface area (Å²) in [6.07, 6.45) is 0. The number of hydrogen-bond donors (Lipinski definition) is 0. The highest BCUT2D eigenvalue weighted by Gasteiger charge is 2.31. The van der Waals surface area contributed by atoms with Gasteiger partial charge in [0.1, 0.15) is 17.9 Å². The predicted octanol–water partition coefficient (Wildman–Crippen LogP) is 2.54. The van der Waals surface area contributed by atoms with Crippen molar-refractivity contribution in [2.75, 3.05) is 60.7 Å². The zero-order chi connectivity index (χ0) is 25.5. The van der Waals surface area contributed by atoms with Gasteiger partial charge in [-0.15, -0.1) is 0 Å². The van der Waals surface area contributed by atoms with E-state index in [0.29, 0.717) is 24.4 Å². The maximum absolute atomic E-state index is 13.2. The quantitative estimate of drug-likeness (QED) is 0.301. The molecular formula is C24H29N3O8. The van der Waals surface area contributed by atoms with Crippen molar-refractivity contribution in [3.63, 3.8) is 0 Å². The van der Waals surface area contributed by atoms with E-state index in [0.717, 1.165) is 5.56 Å². The third-order valence-corrected chi connectivity index (χ3v) is 5.76. The van der Waals surface area contributed by atoms with Crippen LogP contribution in [0.2, 0.25) is 0 Å². The highest BCUT2D eigenvalue weighted by Crippen LogP contribution is 2.35. The fraction of sp³-hybridized carbons (Fsp3) is 0.417. The number of aryl methyl sites for hydroxylation is 1. The lowest BCUT2D eigenvalue weighted by Crippen LogP contribution is -2.50. The van der Waals surface area contributed by atoms with Crippen LogP contribution < -0.4 is 14.2 Å². The average Bonchev–Trinajstić information content (AvgIpc) is 2.88. The highest BCUT2D eigenvalue weighted by molar-refractivity contribution is 5.99. The molecule has 0 aliphatic carbocycles. The van der Waals surface area contributed by atoms with Gasteiger partial charge in [-0.2, -0.15) is 0 Å². The highest BCUT2D eigenvalue weighted by atomic mass is 16.6. The lowest BCUT2D eigenvalue weighted by atomic mass is 10.1. The van der Waals surface area contributed by atoms with Crippen LogP contribution in [0.3, 0.4) is 0 Å². The number of carbonyl (C=O) groups excluding carboxylic acids is 2. The van der Waals surface area contributed by atoms with Crippen molar-refractivity contribution in [2.24, 2.45) is 0 Å². The first-order valence-corrected chi connectivity index (χ1v) is 11.0. The molecule has 0 aromatic heterocycles. The first kappa shape index (κ1) is 25.8. The normalized spacial score (nSPS) is 13.4. The van der Waals surface area contributed by atoms with Gasteiger partial charge < -0.3 is 28.7 Å². The van der Waals surface area contributed by atoms with Crippen molar-refractivity contribution in [3.05, 3.63) is 57.1 Å². The van der Waals surface area contributed by atoms with Crippen LogP contribution >= 0.6 is 0 Å². The molecule has 35 heavy (non-hydrogen) atoms. The number of nitrogens with zero attached hydrogens (tertiary/aromatic N) is 3. The minimum absolute atomic E-state index is 0.103. The van der Waals surface area contributed by atoms with Gasteiger partial charge in [-0.3, -0.25) is 19.7 Å². The fourth-order valence-corrected chi connectivity index (χ4v) is 3.80. The molecule has 1 aliphatic heterocycles. The summed E-state index contributed by atoms with van der Waals surface area (Å²) in [5.41, 5.74) is 0.936.